The lowest BCUT2D eigenvalue weighted by atomic mass is 9.91. The predicted molar refractivity (Wildman–Crippen MR) is 58.5 cm³/mol. The molecule has 1 atom stereocenters. The van der Waals surface area contributed by atoms with Crippen molar-refractivity contribution in [2.45, 2.75) is 46.6 Å². The van der Waals surface area contributed by atoms with Gasteiger partial charge in [0.05, 0.1) is 0 Å². The van der Waals surface area contributed by atoms with Gasteiger partial charge in [-0.25, -0.2) is 0 Å². The van der Waals surface area contributed by atoms with Crippen molar-refractivity contribution in [1.82, 2.24) is 0 Å². The zero-order valence-corrected chi connectivity index (χ0v) is 9.44. The quantitative estimate of drug-likeness (QED) is 0.692. The Morgan fingerprint density at radius 3 is 2.23 bits per heavy atom. The average molecular weight is 179 g/mol. The van der Waals surface area contributed by atoms with Crippen LogP contribution in [0, 0.1) is 5.92 Å². The standard InChI is InChI=1S/C12H21N/c1-8-6-9(2)11(10(8)3)7-12(4,5)13/h6,8H,7,13H2,1-5H3. The summed E-state index contributed by atoms with van der Waals surface area (Å²) in [5.41, 5.74) is 10.3. The Hall–Kier alpha value is -0.560. The van der Waals surface area contributed by atoms with E-state index in [1.165, 1.54) is 16.7 Å². The van der Waals surface area contributed by atoms with Gasteiger partial charge < -0.3 is 5.73 Å². The fraction of sp³-hybridized carbons (Fsp3) is 0.667. The molecule has 0 saturated carbocycles. The summed E-state index contributed by atoms with van der Waals surface area (Å²) in [6.45, 7) is 10.8. The van der Waals surface area contributed by atoms with Crippen molar-refractivity contribution in [2.24, 2.45) is 11.7 Å². The van der Waals surface area contributed by atoms with E-state index in [0.29, 0.717) is 5.92 Å². The van der Waals surface area contributed by atoms with Crippen LogP contribution in [0.5, 0.6) is 0 Å². The summed E-state index contributed by atoms with van der Waals surface area (Å²) in [6.07, 6.45) is 3.32. The van der Waals surface area contributed by atoms with Crippen LogP contribution in [0.15, 0.2) is 22.8 Å². The lowest BCUT2D eigenvalue weighted by Crippen LogP contribution is -2.32. The zero-order chi connectivity index (χ0) is 10.2. The fourth-order valence-electron chi connectivity index (χ4n) is 1.92. The highest BCUT2D eigenvalue weighted by Crippen LogP contribution is 2.34. The molecule has 0 aliphatic heterocycles. The van der Waals surface area contributed by atoms with Crippen LogP contribution in [0.25, 0.3) is 0 Å². The van der Waals surface area contributed by atoms with E-state index < -0.39 is 0 Å². The summed E-state index contributed by atoms with van der Waals surface area (Å²) in [5.74, 6) is 0.609. The van der Waals surface area contributed by atoms with Crippen molar-refractivity contribution < 1.29 is 0 Å². The summed E-state index contributed by atoms with van der Waals surface area (Å²) < 4.78 is 0. The Bertz CT molecular complexity index is 263. The number of rotatable bonds is 2. The van der Waals surface area contributed by atoms with Crippen LogP contribution in [0.4, 0.5) is 0 Å². The van der Waals surface area contributed by atoms with Gasteiger partial charge in [0, 0.05) is 5.54 Å². The Morgan fingerprint density at radius 2 is 1.92 bits per heavy atom. The maximum absolute atomic E-state index is 6.02. The van der Waals surface area contributed by atoms with Gasteiger partial charge in [-0.3, -0.25) is 0 Å². The molecule has 13 heavy (non-hydrogen) atoms. The first-order valence-electron chi connectivity index (χ1n) is 4.98. The van der Waals surface area contributed by atoms with E-state index in [2.05, 4.69) is 40.7 Å². The maximum atomic E-state index is 6.02. The Kier molecular flexibility index (Phi) is 2.67. The van der Waals surface area contributed by atoms with Crippen LogP contribution in [-0.4, -0.2) is 5.54 Å². The van der Waals surface area contributed by atoms with E-state index in [0.717, 1.165) is 6.42 Å². The molecule has 1 nitrogen and oxygen atoms in total. The highest BCUT2D eigenvalue weighted by atomic mass is 14.7. The third-order valence-corrected chi connectivity index (χ3v) is 2.77. The summed E-state index contributed by atoms with van der Waals surface area (Å²) in [6, 6.07) is 0. The minimum Gasteiger partial charge on any atom is -0.325 e. The van der Waals surface area contributed by atoms with Crippen molar-refractivity contribution in [3.05, 3.63) is 22.8 Å². The molecule has 0 bridgehead atoms. The topological polar surface area (TPSA) is 26.0 Å². The van der Waals surface area contributed by atoms with Crippen LogP contribution in [0.3, 0.4) is 0 Å². The van der Waals surface area contributed by atoms with Crippen LogP contribution in [0.1, 0.15) is 41.0 Å². The first kappa shape index (κ1) is 10.5. The van der Waals surface area contributed by atoms with Gasteiger partial charge in [0.25, 0.3) is 0 Å². The normalized spacial score (nSPS) is 23.8. The summed E-state index contributed by atoms with van der Waals surface area (Å²) in [7, 11) is 0. The lowest BCUT2D eigenvalue weighted by molar-refractivity contribution is 0.514. The van der Waals surface area contributed by atoms with Crippen LogP contribution in [0.2, 0.25) is 0 Å². The minimum absolute atomic E-state index is 0.0875. The molecule has 1 rings (SSSR count). The molecular formula is C12H21N. The van der Waals surface area contributed by atoms with E-state index in [-0.39, 0.29) is 5.54 Å². The summed E-state index contributed by atoms with van der Waals surface area (Å²) >= 11 is 0. The third kappa shape index (κ3) is 2.44. The van der Waals surface area contributed by atoms with Gasteiger partial charge in [-0.1, -0.05) is 24.1 Å². The van der Waals surface area contributed by atoms with Crippen LogP contribution in [-0.2, 0) is 0 Å². The first-order valence-corrected chi connectivity index (χ1v) is 4.98. The van der Waals surface area contributed by atoms with Crippen molar-refractivity contribution >= 4 is 0 Å². The second-order valence-electron chi connectivity index (χ2n) is 4.97. The van der Waals surface area contributed by atoms with Crippen LogP contribution >= 0.6 is 0 Å². The van der Waals surface area contributed by atoms with E-state index in [1.54, 1.807) is 0 Å². The van der Waals surface area contributed by atoms with Gasteiger partial charge >= 0.3 is 0 Å². The largest absolute Gasteiger partial charge is 0.325 e. The SMILES string of the molecule is CC1=CC(C)C(C)=C1CC(C)(C)N. The van der Waals surface area contributed by atoms with Crippen molar-refractivity contribution in [2.75, 3.05) is 0 Å². The molecule has 0 fully saturated rings. The number of allylic oxidation sites excluding steroid dienone is 3. The van der Waals surface area contributed by atoms with E-state index in [1.807, 2.05) is 0 Å². The summed E-state index contributed by atoms with van der Waals surface area (Å²) in [5, 5.41) is 0. The molecule has 1 aliphatic carbocycles. The van der Waals surface area contributed by atoms with E-state index in [9.17, 15) is 0 Å². The molecule has 0 aromatic heterocycles. The molecule has 0 amide bonds. The summed E-state index contributed by atoms with van der Waals surface area (Å²) in [4.78, 5) is 0. The number of nitrogens with two attached hydrogens (primary N) is 1. The molecule has 1 heteroatoms. The molecule has 0 saturated heterocycles. The highest BCUT2D eigenvalue weighted by Gasteiger charge is 2.22. The minimum atomic E-state index is -0.0875. The molecule has 0 aromatic carbocycles. The first-order chi connectivity index (χ1) is 5.81. The molecule has 2 N–H and O–H groups in total. The molecule has 0 spiro atoms. The van der Waals surface area contributed by atoms with Gasteiger partial charge in [0.15, 0.2) is 0 Å². The molecule has 1 aliphatic rings. The number of hydrogen-bond donors (Lipinski definition) is 1. The van der Waals surface area contributed by atoms with Gasteiger partial charge in [-0.2, -0.15) is 0 Å². The van der Waals surface area contributed by atoms with Crippen molar-refractivity contribution in [3.8, 4) is 0 Å². The van der Waals surface area contributed by atoms with Crippen molar-refractivity contribution in [1.29, 1.82) is 0 Å². The smallest absolute Gasteiger partial charge is 0.0138 e. The highest BCUT2D eigenvalue weighted by molar-refractivity contribution is 5.43. The Morgan fingerprint density at radius 1 is 1.38 bits per heavy atom. The average Bonchev–Trinajstić information content (AvgIpc) is 2.14. The molecule has 74 valence electrons. The second kappa shape index (κ2) is 3.30. The Balaban J connectivity index is 2.86. The van der Waals surface area contributed by atoms with Crippen LogP contribution < -0.4 is 5.73 Å². The zero-order valence-electron chi connectivity index (χ0n) is 9.44. The predicted octanol–water partition coefficient (Wildman–Crippen LogP) is 3.03. The van der Waals surface area contributed by atoms with Gasteiger partial charge in [0.2, 0.25) is 0 Å². The van der Waals surface area contributed by atoms with E-state index in [4.69, 9.17) is 5.73 Å². The maximum Gasteiger partial charge on any atom is 0.0138 e. The lowest BCUT2D eigenvalue weighted by Gasteiger charge is -2.21. The van der Waals surface area contributed by atoms with E-state index >= 15 is 0 Å². The molecule has 0 heterocycles. The second-order valence-corrected chi connectivity index (χ2v) is 4.97. The van der Waals surface area contributed by atoms with Crippen molar-refractivity contribution in [3.63, 3.8) is 0 Å². The van der Waals surface area contributed by atoms with Gasteiger partial charge in [-0.05, 0) is 45.6 Å². The monoisotopic (exact) mass is 179 g/mol. The van der Waals surface area contributed by atoms with Gasteiger partial charge in [-0.15, -0.1) is 0 Å². The molecular weight excluding hydrogens is 158 g/mol. The van der Waals surface area contributed by atoms with Gasteiger partial charge in [0.1, 0.15) is 0 Å². The molecule has 0 radical (unpaired) electrons. The fourth-order valence-corrected chi connectivity index (χ4v) is 1.92. The Labute approximate surface area is 81.7 Å². The molecule has 0 aromatic rings. The number of hydrogen-bond acceptors (Lipinski definition) is 1. The third-order valence-electron chi connectivity index (χ3n) is 2.77. The molecule has 1 unspecified atom stereocenters.